The first kappa shape index (κ1) is 9.19. The lowest BCUT2D eigenvalue weighted by atomic mass is 10.4. The second-order valence-corrected chi connectivity index (χ2v) is 5.61. The lowest BCUT2D eigenvalue weighted by Gasteiger charge is -2.12. The second kappa shape index (κ2) is 4.74. The van der Waals surface area contributed by atoms with E-state index in [-0.39, 0.29) is 0 Å². The van der Waals surface area contributed by atoms with Crippen molar-refractivity contribution in [2.45, 2.75) is 36.6 Å². The van der Waals surface area contributed by atoms with Crippen molar-refractivity contribution in [2.24, 2.45) is 0 Å². The molecule has 0 bridgehead atoms. The summed E-state index contributed by atoms with van der Waals surface area (Å²) < 4.78 is 0. The Balaban J connectivity index is 1.60. The molecule has 0 radical (unpaired) electrons. The lowest BCUT2D eigenvalue weighted by Crippen LogP contribution is -2.10. The molecular formula is C8H14O2S2. The van der Waals surface area contributed by atoms with Gasteiger partial charge >= 0.3 is 0 Å². The summed E-state index contributed by atoms with van der Waals surface area (Å²) in [4.78, 5) is 10.7. The Labute approximate surface area is 81.7 Å². The van der Waals surface area contributed by atoms with E-state index in [4.69, 9.17) is 9.78 Å². The van der Waals surface area contributed by atoms with Crippen molar-refractivity contribution in [2.75, 3.05) is 11.5 Å². The maximum Gasteiger partial charge on any atom is 0.138 e. The number of hydrogen-bond acceptors (Lipinski definition) is 4. The molecule has 2 saturated heterocycles. The van der Waals surface area contributed by atoms with Gasteiger partial charge in [0, 0.05) is 0 Å². The molecule has 12 heavy (non-hydrogen) atoms. The Morgan fingerprint density at radius 1 is 0.833 bits per heavy atom. The van der Waals surface area contributed by atoms with Crippen LogP contribution in [-0.4, -0.2) is 22.4 Å². The number of thioether (sulfide) groups is 2. The zero-order valence-electron chi connectivity index (χ0n) is 7.03. The molecule has 2 nitrogen and oxygen atoms in total. The fraction of sp³-hybridized carbons (Fsp3) is 1.00. The fourth-order valence-corrected chi connectivity index (χ4v) is 3.43. The highest BCUT2D eigenvalue weighted by Crippen LogP contribution is 2.31. The van der Waals surface area contributed by atoms with Crippen LogP contribution in [0.25, 0.3) is 0 Å². The van der Waals surface area contributed by atoms with Gasteiger partial charge in [-0.05, 0) is 37.2 Å². The molecule has 0 aromatic carbocycles. The minimum atomic E-state index is 0.311. The minimum Gasteiger partial charge on any atom is -0.221 e. The van der Waals surface area contributed by atoms with Crippen molar-refractivity contribution in [1.82, 2.24) is 0 Å². The molecule has 2 atom stereocenters. The van der Waals surface area contributed by atoms with Crippen LogP contribution in [0, 0.1) is 0 Å². The van der Waals surface area contributed by atoms with Gasteiger partial charge in [0.25, 0.3) is 0 Å². The van der Waals surface area contributed by atoms with Gasteiger partial charge in [-0.2, -0.15) is 0 Å². The molecule has 2 aliphatic rings. The molecule has 2 fully saturated rings. The zero-order valence-corrected chi connectivity index (χ0v) is 8.66. The molecule has 0 saturated carbocycles. The van der Waals surface area contributed by atoms with E-state index in [1.54, 1.807) is 0 Å². The monoisotopic (exact) mass is 206 g/mol. The zero-order chi connectivity index (χ0) is 8.23. The van der Waals surface area contributed by atoms with Crippen molar-refractivity contribution in [1.29, 1.82) is 0 Å². The Kier molecular flexibility index (Phi) is 3.63. The van der Waals surface area contributed by atoms with Crippen molar-refractivity contribution < 1.29 is 9.78 Å². The number of hydrogen-bond donors (Lipinski definition) is 0. The van der Waals surface area contributed by atoms with E-state index in [9.17, 15) is 0 Å². The summed E-state index contributed by atoms with van der Waals surface area (Å²) in [5.41, 5.74) is 0.623. The van der Waals surface area contributed by atoms with Crippen LogP contribution in [-0.2, 0) is 9.78 Å². The highest BCUT2D eigenvalue weighted by molar-refractivity contribution is 8.00. The summed E-state index contributed by atoms with van der Waals surface area (Å²) in [6.07, 6.45) is 4.86. The summed E-state index contributed by atoms with van der Waals surface area (Å²) in [6, 6.07) is 0. The molecule has 2 rings (SSSR count). The van der Waals surface area contributed by atoms with Crippen molar-refractivity contribution in [3.05, 3.63) is 0 Å². The van der Waals surface area contributed by atoms with Gasteiger partial charge in [0.1, 0.15) is 10.9 Å². The highest BCUT2D eigenvalue weighted by Gasteiger charge is 2.22. The summed E-state index contributed by atoms with van der Waals surface area (Å²) in [5, 5.41) is 0. The maximum absolute atomic E-state index is 5.33. The molecule has 0 spiro atoms. The molecule has 2 aliphatic heterocycles. The van der Waals surface area contributed by atoms with Gasteiger partial charge in [-0.25, -0.2) is 9.78 Å². The third kappa shape index (κ3) is 2.55. The predicted octanol–water partition coefficient (Wildman–Crippen LogP) is 2.64. The molecule has 0 N–H and O–H groups in total. The fourth-order valence-electron chi connectivity index (χ4n) is 1.37. The SMILES string of the molecule is C1CSC(OOC2CCCS2)C1. The van der Waals surface area contributed by atoms with E-state index in [2.05, 4.69) is 0 Å². The molecule has 0 aliphatic carbocycles. The Morgan fingerprint density at radius 3 is 1.67 bits per heavy atom. The van der Waals surface area contributed by atoms with Crippen LogP contribution in [0.15, 0.2) is 0 Å². The summed E-state index contributed by atoms with van der Waals surface area (Å²) in [5.74, 6) is 2.46. The molecule has 2 heterocycles. The lowest BCUT2D eigenvalue weighted by molar-refractivity contribution is -0.313. The second-order valence-electron chi connectivity index (χ2n) is 3.08. The van der Waals surface area contributed by atoms with Crippen LogP contribution in [0.2, 0.25) is 0 Å². The van der Waals surface area contributed by atoms with E-state index in [0.29, 0.717) is 10.9 Å². The Bertz CT molecular complexity index is 115. The van der Waals surface area contributed by atoms with E-state index < -0.39 is 0 Å². The largest absolute Gasteiger partial charge is 0.221 e. The van der Waals surface area contributed by atoms with E-state index in [1.165, 1.54) is 24.3 Å². The molecule has 0 amide bonds. The first-order valence-electron chi connectivity index (χ1n) is 4.50. The van der Waals surface area contributed by atoms with Gasteiger partial charge in [-0.1, -0.05) is 0 Å². The van der Waals surface area contributed by atoms with E-state index >= 15 is 0 Å². The van der Waals surface area contributed by atoms with Crippen LogP contribution in [0.3, 0.4) is 0 Å². The van der Waals surface area contributed by atoms with Crippen molar-refractivity contribution >= 4 is 23.5 Å². The van der Waals surface area contributed by atoms with E-state index in [0.717, 1.165) is 12.8 Å². The average molecular weight is 206 g/mol. The summed E-state index contributed by atoms with van der Waals surface area (Å²) in [6.45, 7) is 0. The third-order valence-electron chi connectivity index (χ3n) is 2.05. The van der Waals surface area contributed by atoms with Crippen LogP contribution in [0.1, 0.15) is 25.7 Å². The molecule has 2 unspecified atom stereocenters. The minimum absolute atomic E-state index is 0.311. The number of rotatable bonds is 3. The first-order chi connectivity index (χ1) is 5.95. The average Bonchev–Trinajstić information content (AvgIpc) is 2.74. The van der Waals surface area contributed by atoms with Gasteiger partial charge in [-0.3, -0.25) is 0 Å². The Hall–Kier alpha value is 0.620. The van der Waals surface area contributed by atoms with E-state index in [1.807, 2.05) is 23.5 Å². The third-order valence-corrected chi connectivity index (χ3v) is 4.47. The van der Waals surface area contributed by atoms with Gasteiger partial charge in [0.2, 0.25) is 0 Å². The van der Waals surface area contributed by atoms with Crippen molar-refractivity contribution in [3.8, 4) is 0 Å². The predicted molar refractivity (Wildman–Crippen MR) is 53.1 cm³/mol. The van der Waals surface area contributed by atoms with Crippen LogP contribution >= 0.6 is 23.5 Å². The molecule has 0 aromatic heterocycles. The normalized spacial score (nSPS) is 36.0. The molecule has 4 heteroatoms. The van der Waals surface area contributed by atoms with Crippen molar-refractivity contribution in [3.63, 3.8) is 0 Å². The van der Waals surface area contributed by atoms with Gasteiger partial charge < -0.3 is 0 Å². The maximum atomic E-state index is 5.33. The molecule has 70 valence electrons. The van der Waals surface area contributed by atoms with Gasteiger partial charge in [-0.15, -0.1) is 23.5 Å². The standard InChI is InChI=1S/C8H14O2S2/c1-3-7(11-5-1)9-10-8-4-2-6-12-8/h7-8H,1-6H2. The quantitative estimate of drug-likeness (QED) is 0.522. The van der Waals surface area contributed by atoms with Crippen LogP contribution < -0.4 is 0 Å². The summed E-state index contributed by atoms with van der Waals surface area (Å²) >= 11 is 3.74. The first-order valence-corrected chi connectivity index (χ1v) is 6.60. The molecular weight excluding hydrogens is 192 g/mol. The smallest absolute Gasteiger partial charge is 0.138 e. The molecule has 0 aromatic rings. The van der Waals surface area contributed by atoms with Crippen LogP contribution in [0.5, 0.6) is 0 Å². The summed E-state index contributed by atoms with van der Waals surface area (Å²) in [7, 11) is 0. The van der Waals surface area contributed by atoms with Gasteiger partial charge in [0.15, 0.2) is 0 Å². The van der Waals surface area contributed by atoms with Crippen LogP contribution in [0.4, 0.5) is 0 Å². The topological polar surface area (TPSA) is 18.5 Å². The highest BCUT2D eigenvalue weighted by atomic mass is 32.2. The van der Waals surface area contributed by atoms with Gasteiger partial charge in [0.05, 0.1) is 0 Å². The Morgan fingerprint density at radius 2 is 1.33 bits per heavy atom.